The van der Waals surface area contributed by atoms with Crippen molar-refractivity contribution in [3.05, 3.63) is 35.4 Å². The molecule has 0 unspecified atom stereocenters. The van der Waals surface area contributed by atoms with Crippen molar-refractivity contribution in [2.24, 2.45) is 0 Å². The van der Waals surface area contributed by atoms with Gasteiger partial charge in [0.1, 0.15) is 0 Å². The summed E-state index contributed by atoms with van der Waals surface area (Å²) in [5.41, 5.74) is 1.62. The second-order valence-corrected chi connectivity index (χ2v) is 2.79. The van der Waals surface area contributed by atoms with Crippen LogP contribution in [0.5, 0.6) is 0 Å². The van der Waals surface area contributed by atoms with Gasteiger partial charge in [0.25, 0.3) is 0 Å². The summed E-state index contributed by atoms with van der Waals surface area (Å²) in [4.78, 5) is 10.1. The van der Waals surface area contributed by atoms with Gasteiger partial charge in [0.2, 0.25) is 0 Å². The lowest BCUT2D eigenvalue weighted by Crippen LogP contribution is -2.23. The third kappa shape index (κ3) is 3.15. The first kappa shape index (κ1) is 10.1. The second-order valence-electron chi connectivity index (χ2n) is 2.79. The molecule has 4 nitrogen and oxygen atoms in total. The maximum absolute atomic E-state index is 10.1. The second kappa shape index (κ2) is 4.87. The molecular weight excluding hydrogens is 180 g/mol. The van der Waals surface area contributed by atoms with Gasteiger partial charge in [0.05, 0.1) is 11.6 Å². The van der Waals surface area contributed by atoms with Gasteiger partial charge < -0.3 is 10.4 Å². The molecule has 0 fully saturated rings. The summed E-state index contributed by atoms with van der Waals surface area (Å²) in [7, 11) is 0. The third-order valence-electron chi connectivity index (χ3n) is 1.77. The van der Waals surface area contributed by atoms with Crippen LogP contribution < -0.4 is 5.32 Å². The van der Waals surface area contributed by atoms with Gasteiger partial charge in [-0.05, 0) is 24.1 Å². The van der Waals surface area contributed by atoms with E-state index in [1.807, 2.05) is 18.2 Å². The van der Waals surface area contributed by atoms with Crippen molar-refractivity contribution >= 4 is 6.09 Å². The molecule has 0 aliphatic carbocycles. The standard InChI is InChI=1S/C10H10N2O2/c11-7-9-3-1-8(2-4-9)5-6-12-10(13)14/h1-4,12H,5-6H2,(H,13,14). The topological polar surface area (TPSA) is 73.1 Å². The number of nitrogens with one attached hydrogen (secondary N) is 1. The minimum atomic E-state index is -1.02. The predicted octanol–water partition coefficient (Wildman–Crippen LogP) is 1.37. The van der Waals surface area contributed by atoms with Gasteiger partial charge in [-0.2, -0.15) is 5.26 Å². The van der Waals surface area contributed by atoms with Crippen LogP contribution >= 0.6 is 0 Å². The normalized spacial score (nSPS) is 9.07. The summed E-state index contributed by atoms with van der Waals surface area (Å²) < 4.78 is 0. The molecule has 1 aromatic rings. The Kier molecular flexibility index (Phi) is 3.50. The van der Waals surface area contributed by atoms with Crippen molar-refractivity contribution < 1.29 is 9.90 Å². The van der Waals surface area contributed by atoms with Crippen LogP contribution in [-0.4, -0.2) is 17.7 Å². The van der Waals surface area contributed by atoms with Crippen LogP contribution in [-0.2, 0) is 6.42 Å². The Hall–Kier alpha value is -2.02. The van der Waals surface area contributed by atoms with Gasteiger partial charge in [0.15, 0.2) is 0 Å². The van der Waals surface area contributed by atoms with E-state index < -0.39 is 6.09 Å². The molecule has 72 valence electrons. The van der Waals surface area contributed by atoms with Crippen molar-refractivity contribution in [3.8, 4) is 6.07 Å². The largest absolute Gasteiger partial charge is 0.465 e. The van der Waals surface area contributed by atoms with Gasteiger partial charge in [0, 0.05) is 6.54 Å². The van der Waals surface area contributed by atoms with E-state index in [0.29, 0.717) is 18.5 Å². The molecule has 0 spiro atoms. The molecule has 14 heavy (non-hydrogen) atoms. The predicted molar refractivity (Wildman–Crippen MR) is 50.9 cm³/mol. The number of nitriles is 1. The Labute approximate surface area is 81.8 Å². The van der Waals surface area contributed by atoms with E-state index in [2.05, 4.69) is 5.32 Å². The van der Waals surface area contributed by atoms with E-state index in [4.69, 9.17) is 10.4 Å². The first-order valence-electron chi connectivity index (χ1n) is 4.18. The Bertz CT molecular complexity index is 351. The molecule has 0 heterocycles. The highest BCUT2D eigenvalue weighted by Crippen LogP contribution is 2.03. The molecule has 0 radical (unpaired) electrons. The number of rotatable bonds is 3. The fourth-order valence-corrected chi connectivity index (χ4v) is 1.06. The van der Waals surface area contributed by atoms with E-state index in [1.54, 1.807) is 12.1 Å². The molecule has 1 aromatic carbocycles. The number of amides is 1. The fraction of sp³-hybridized carbons (Fsp3) is 0.200. The molecule has 0 saturated heterocycles. The van der Waals surface area contributed by atoms with Crippen molar-refractivity contribution in [1.29, 1.82) is 5.26 Å². The van der Waals surface area contributed by atoms with Crippen LogP contribution in [0.25, 0.3) is 0 Å². The number of carbonyl (C=O) groups is 1. The van der Waals surface area contributed by atoms with Crippen LogP contribution in [0.3, 0.4) is 0 Å². The zero-order valence-corrected chi connectivity index (χ0v) is 7.53. The summed E-state index contributed by atoms with van der Waals surface area (Å²) in [5, 5.41) is 19.1. The number of hydrogen-bond donors (Lipinski definition) is 2. The van der Waals surface area contributed by atoms with Crippen molar-refractivity contribution in [3.63, 3.8) is 0 Å². The van der Waals surface area contributed by atoms with Crippen LogP contribution in [0.1, 0.15) is 11.1 Å². The van der Waals surface area contributed by atoms with Crippen LogP contribution in [0.2, 0.25) is 0 Å². The fourth-order valence-electron chi connectivity index (χ4n) is 1.06. The molecule has 1 amide bonds. The summed E-state index contributed by atoms with van der Waals surface area (Å²) in [6, 6.07) is 9.10. The number of benzene rings is 1. The highest BCUT2D eigenvalue weighted by Gasteiger charge is 1.96. The number of hydrogen-bond acceptors (Lipinski definition) is 2. The average molecular weight is 190 g/mol. The Morgan fingerprint density at radius 2 is 2.07 bits per heavy atom. The highest BCUT2D eigenvalue weighted by atomic mass is 16.4. The molecule has 0 aliphatic rings. The summed E-state index contributed by atoms with van der Waals surface area (Å²) >= 11 is 0. The van der Waals surface area contributed by atoms with Gasteiger partial charge in [-0.1, -0.05) is 12.1 Å². The third-order valence-corrected chi connectivity index (χ3v) is 1.77. The molecule has 1 rings (SSSR count). The minimum Gasteiger partial charge on any atom is -0.465 e. The highest BCUT2D eigenvalue weighted by molar-refractivity contribution is 5.64. The zero-order chi connectivity index (χ0) is 10.4. The maximum atomic E-state index is 10.1. The summed E-state index contributed by atoms with van der Waals surface area (Å²) in [6.45, 7) is 0.390. The number of nitrogens with zero attached hydrogens (tertiary/aromatic N) is 1. The van der Waals surface area contributed by atoms with Crippen LogP contribution in [0.15, 0.2) is 24.3 Å². The molecular formula is C10H10N2O2. The van der Waals surface area contributed by atoms with Crippen LogP contribution in [0, 0.1) is 11.3 Å². The Balaban J connectivity index is 2.45. The SMILES string of the molecule is N#Cc1ccc(CCNC(=O)O)cc1. The average Bonchev–Trinajstić information content (AvgIpc) is 2.18. The lowest BCUT2D eigenvalue weighted by atomic mass is 10.1. The molecule has 0 atom stereocenters. The number of carboxylic acid groups (broad SMARTS) is 1. The van der Waals surface area contributed by atoms with Gasteiger partial charge >= 0.3 is 6.09 Å². The summed E-state index contributed by atoms with van der Waals surface area (Å²) in [5.74, 6) is 0. The molecule has 0 saturated carbocycles. The zero-order valence-electron chi connectivity index (χ0n) is 7.53. The first-order chi connectivity index (χ1) is 6.72. The lowest BCUT2D eigenvalue weighted by molar-refractivity contribution is 0.194. The molecule has 2 N–H and O–H groups in total. The monoisotopic (exact) mass is 190 g/mol. The maximum Gasteiger partial charge on any atom is 0.404 e. The van der Waals surface area contributed by atoms with Crippen molar-refractivity contribution in [2.45, 2.75) is 6.42 Å². The van der Waals surface area contributed by atoms with E-state index in [-0.39, 0.29) is 0 Å². The van der Waals surface area contributed by atoms with Gasteiger partial charge in [-0.15, -0.1) is 0 Å². The Morgan fingerprint density at radius 3 is 2.57 bits per heavy atom. The van der Waals surface area contributed by atoms with E-state index in [9.17, 15) is 4.79 Å². The van der Waals surface area contributed by atoms with Crippen molar-refractivity contribution in [1.82, 2.24) is 5.32 Å². The van der Waals surface area contributed by atoms with Crippen LogP contribution in [0.4, 0.5) is 4.79 Å². The first-order valence-corrected chi connectivity index (χ1v) is 4.18. The van der Waals surface area contributed by atoms with E-state index in [0.717, 1.165) is 5.56 Å². The molecule has 0 aromatic heterocycles. The minimum absolute atomic E-state index is 0.390. The Morgan fingerprint density at radius 1 is 1.43 bits per heavy atom. The smallest absolute Gasteiger partial charge is 0.404 e. The van der Waals surface area contributed by atoms with Gasteiger partial charge in [-0.25, -0.2) is 4.79 Å². The summed E-state index contributed by atoms with van der Waals surface area (Å²) in [6.07, 6.45) is -0.378. The van der Waals surface area contributed by atoms with Crippen molar-refractivity contribution in [2.75, 3.05) is 6.54 Å². The quantitative estimate of drug-likeness (QED) is 0.755. The lowest BCUT2D eigenvalue weighted by Gasteiger charge is -2.01. The van der Waals surface area contributed by atoms with E-state index >= 15 is 0 Å². The molecule has 0 aliphatic heterocycles. The molecule has 4 heteroatoms. The molecule has 0 bridgehead atoms. The van der Waals surface area contributed by atoms with Gasteiger partial charge in [-0.3, -0.25) is 0 Å². The van der Waals surface area contributed by atoms with E-state index in [1.165, 1.54) is 0 Å².